The number of piperidine rings is 1. The molecule has 3 rings (SSSR count). The van der Waals surface area contributed by atoms with Gasteiger partial charge in [-0.05, 0) is 25.9 Å². The quantitative estimate of drug-likeness (QED) is 0.682. The molecule has 2 saturated heterocycles. The Labute approximate surface area is 122 Å². The lowest BCUT2D eigenvalue weighted by Crippen LogP contribution is -2.60. The molecule has 114 valence electrons. The monoisotopic (exact) mass is 295 g/mol. The van der Waals surface area contributed by atoms with Crippen LogP contribution in [0.25, 0.3) is 0 Å². The van der Waals surface area contributed by atoms with Crippen LogP contribution in [0.2, 0.25) is 0 Å². The summed E-state index contributed by atoms with van der Waals surface area (Å²) < 4.78 is 19.2. The molecule has 7 heteroatoms. The second kappa shape index (κ2) is 5.14. The fraction of sp³-hybridized carbons (Fsp3) is 0.571. The van der Waals surface area contributed by atoms with Crippen LogP contribution in [0, 0.1) is 21.3 Å². The van der Waals surface area contributed by atoms with Crippen molar-refractivity contribution in [3.05, 3.63) is 28.1 Å². The smallest absolute Gasteiger partial charge is 0.313 e. The normalized spacial score (nSPS) is 20.2. The highest BCUT2D eigenvalue weighted by atomic mass is 19.1. The molecule has 0 radical (unpaired) electrons. The van der Waals surface area contributed by atoms with Crippen molar-refractivity contribution in [3.63, 3.8) is 0 Å². The number of ether oxygens (including phenoxy) is 1. The van der Waals surface area contributed by atoms with Crippen LogP contribution >= 0.6 is 0 Å². The average molecular weight is 295 g/mol. The Kier molecular flexibility index (Phi) is 3.44. The van der Waals surface area contributed by atoms with Crippen molar-refractivity contribution in [3.8, 4) is 5.75 Å². The summed E-state index contributed by atoms with van der Waals surface area (Å²) in [6.07, 6.45) is 2.18. The van der Waals surface area contributed by atoms with Gasteiger partial charge in [-0.1, -0.05) is 0 Å². The number of nitro groups is 1. The first kappa shape index (κ1) is 14.1. The summed E-state index contributed by atoms with van der Waals surface area (Å²) in [5, 5.41) is 14.2. The maximum atomic E-state index is 14.1. The summed E-state index contributed by atoms with van der Waals surface area (Å²) >= 11 is 0. The topological polar surface area (TPSA) is 67.6 Å². The minimum absolute atomic E-state index is 0.0997. The number of nitro benzene ring substituents is 1. The lowest BCUT2D eigenvalue weighted by molar-refractivity contribution is -0.385. The van der Waals surface area contributed by atoms with Gasteiger partial charge in [0.1, 0.15) is 0 Å². The number of benzene rings is 1. The van der Waals surface area contributed by atoms with Gasteiger partial charge in [0.05, 0.1) is 23.8 Å². The van der Waals surface area contributed by atoms with E-state index in [1.807, 2.05) is 4.90 Å². The molecule has 2 aliphatic rings. The number of rotatable bonds is 3. The Balaban J connectivity index is 1.82. The molecule has 0 saturated carbocycles. The lowest BCUT2D eigenvalue weighted by Gasteiger charge is -2.53. The van der Waals surface area contributed by atoms with Gasteiger partial charge in [0.25, 0.3) is 0 Å². The van der Waals surface area contributed by atoms with Gasteiger partial charge in [0.15, 0.2) is 11.6 Å². The molecule has 2 fully saturated rings. The van der Waals surface area contributed by atoms with E-state index in [1.165, 1.54) is 13.2 Å². The summed E-state index contributed by atoms with van der Waals surface area (Å²) in [6.45, 7) is 3.60. The molecule has 21 heavy (non-hydrogen) atoms. The van der Waals surface area contributed by atoms with E-state index in [0.29, 0.717) is 5.69 Å². The molecule has 0 atom stereocenters. The summed E-state index contributed by atoms with van der Waals surface area (Å²) in [4.78, 5) is 12.2. The van der Waals surface area contributed by atoms with Crippen LogP contribution in [-0.4, -0.2) is 38.2 Å². The fourth-order valence-electron chi connectivity index (χ4n) is 3.29. The standard InChI is InChI=1S/C14H18FN3O3/c1-21-13-7-11(10(15)6-12(13)18(19)20)17-8-14(9-17)2-4-16-5-3-14/h6-7,16H,2-5,8-9H2,1H3. The molecule has 0 amide bonds. The largest absolute Gasteiger partial charge is 0.490 e. The van der Waals surface area contributed by atoms with E-state index in [2.05, 4.69) is 5.32 Å². The molecular weight excluding hydrogens is 277 g/mol. The van der Waals surface area contributed by atoms with Crippen LogP contribution in [0.1, 0.15) is 12.8 Å². The molecule has 2 heterocycles. The first-order chi connectivity index (χ1) is 10.0. The summed E-state index contributed by atoms with van der Waals surface area (Å²) in [6, 6.07) is 2.38. The van der Waals surface area contributed by atoms with Gasteiger partial charge in [-0.3, -0.25) is 10.1 Å². The van der Waals surface area contributed by atoms with Gasteiger partial charge >= 0.3 is 5.69 Å². The Morgan fingerprint density at radius 1 is 1.38 bits per heavy atom. The van der Waals surface area contributed by atoms with E-state index < -0.39 is 10.7 Å². The first-order valence-corrected chi connectivity index (χ1v) is 7.02. The van der Waals surface area contributed by atoms with Crippen LogP contribution in [0.15, 0.2) is 12.1 Å². The molecule has 1 aromatic rings. The first-order valence-electron chi connectivity index (χ1n) is 7.02. The number of nitrogens with zero attached hydrogens (tertiary/aromatic N) is 2. The van der Waals surface area contributed by atoms with E-state index >= 15 is 0 Å². The third kappa shape index (κ3) is 2.42. The van der Waals surface area contributed by atoms with Gasteiger partial charge in [-0.25, -0.2) is 4.39 Å². The molecule has 1 N–H and O–H groups in total. The van der Waals surface area contributed by atoms with E-state index in [-0.39, 0.29) is 16.9 Å². The van der Waals surface area contributed by atoms with Crippen LogP contribution in [-0.2, 0) is 0 Å². The number of methoxy groups -OCH3 is 1. The van der Waals surface area contributed by atoms with Crippen molar-refractivity contribution >= 4 is 11.4 Å². The maximum absolute atomic E-state index is 14.1. The molecule has 2 aliphatic heterocycles. The van der Waals surface area contributed by atoms with Crippen molar-refractivity contribution in [2.24, 2.45) is 5.41 Å². The van der Waals surface area contributed by atoms with Gasteiger partial charge in [-0.2, -0.15) is 0 Å². The maximum Gasteiger partial charge on any atom is 0.313 e. The van der Waals surface area contributed by atoms with E-state index in [0.717, 1.165) is 45.1 Å². The number of nitrogens with one attached hydrogen (secondary N) is 1. The summed E-state index contributed by atoms with van der Waals surface area (Å²) in [7, 11) is 1.36. The molecule has 1 spiro atoms. The van der Waals surface area contributed by atoms with Gasteiger partial charge in [0, 0.05) is 24.6 Å². The molecule has 0 aliphatic carbocycles. The van der Waals surface area contributed by atoms with Gasteiger partial charge < -0.3 is 15.0 Å². The van der Waals surface area contributed by atoms with Crippen molar-refractivity contribution in [1.29, 1.82) is 0 Å². The zero-order valence-corrected chi connectivity index (χ0v) is 11.9. The van der Waals surface area contributed by atoms with E-state index in [9.17, 15) is 14.5 Å². The molecule has 0 aromatic heterocycles. The highest BCUT2D eigenvalue weighted by molar-refractivity contribution is 5.61. The predicted octanol–water partition coefficient (Wildman–Crippen LogP) is 1.93. The molecule has 0 unspecified atom stereocenters. The minimum atomic E-state index is -0.629. The second-order valence-electron chi connectivity index (χ2n) is 5.84. The zero-order valence-electron chi connectivity index (χ0n) is 11.9. The van der Waals surface area contributed by atoms with E-state index in [1.54, 1.807) is 0 Å². The Hall–Kier alpha value is -1.89. The number of halogens is 1. The third-order valence-electron chi connectivity index (χ3n) is 4.50. The van der Waals surface area contributed by atoms with Crippen LogP contribution in [0.4, 0.5) is 15.8 Å². The van der Waals surface area contributed by atoms with Gasteiger partial charge in [-0.15, -0.1) is 0 Å². The SMILES string of the molecule is COc1cc(N2CC3(CCNCC3)C2)c(F)cc1[N+](=O)[O-]. The molecular formula is C14H18FN3O3. The summed E-state index contributed by atoms with van der Waals surface area (Å²) in [5.41, 5.74) is 0.324. The zero-order chi connectivity index (χ0) is 15.0. The van der Waals surface area contributed by atoms with E-state index in [4.69, 9.17) is 4.74 Å². The Morgan fingerprint density at radius 3 is 2.62 bits per heavy atom. The highest BCUT2D eigenvalue weighted by Gasteiger charge is 2.44. The van der Waals surface area contributed by atoms with Crippen molar-refractivity contribution in [1.82, 2.24) is 5.32 Å². The minimum Gasteiger partial charge on any atom is -0.490 e. The molecule has 1 aromatic carbocycles. The highest BCUT2D eigenvalue weighted by Crippen LogP contribution is 2.44. The van der Waals surface area contributed by atoms with Crippen LogP contribution in [0.3, 0.4) is 0 Å². The fourth-order valence-corrected chi connectivity index (χ4v) is 3.29. The summed E-state index contributed by atoms with van der Waals surface area (Å²) in [5.74, 6) is -0.464. The Bertz CT molecular complexity index is 565. The predicted molar refractivity (Wildman–Crippen MR) is 76.4 cm³/mol. The Morgan fingerprint density at radius 2 is 2.05 bits per heavy atom. The van der Waals surface area contributed by atoms with Crippen LogP contribution < -0.4 is 15.0 Å². The molecule has 0 bridgehead atoms. The van der Waals surface area contributed by atoms with Crippen molar-refractivity contribution in [2.45, 2.75) is 12.8 Å². The van der Waals surface area contributed by atoms with Crippen molar-refractivity contribution in [2.75, 3.05) is 38.2 Å². The number of hydrogen-bond acceptors (Lipinski definition) is 5. The molecule has 6 nitrogen and oxygen atoms in total. The third-order valence-corrected chi connectivity index (χ3v) is 4.50. The average Bonchev–Trinajstić information content (AvgIpc) is 2.45. The number of hydrogen-bond donors (Lipinski definition) is 1. The van der Waals surface area contributed by atoms with Gasteiger partial charge in [0.2, 0.25) is 0 Å². The van der Waals surface area contributed by atoms with Crippen molar-refractivity contribution < 1.29 is 14.1 Å². The lowest BCUT2D eigenvalue weighted by atomic mass is 9.72. The second-order valence-corrected chi connectivity index (χ2v) is 5.84. The number of anilines is 1. The van der Waals surface area contributed by atoms with Crippen LogP contribution in [0.5, 0.6) is 5.75 Å².